The summed E-state index contributed by atoms with van der Waals surface area (Å²) >= 11 is 0. The SMILES string of the molecule is c1cn(CCC2CCC2)c(NC2CCCCC2)n1. The normalized spacial score (nSPS) is 21.8. The first-order valence-electron chi connectivity index (χ1n) is 7.69. The molecule has 0 amide bonds. The lowest BCUT2D eigenvalue weighted by molar-refractivity contribution is 0.282. The molecule has 0 saturated heterocycles. The summed E-state index contributed by atoms with van der Waals surface area (Å²) in [5.74, 6) is 2.08. The van der Waals surface area contributed by atoms with Crippen molar-refractivity contribution in [2.24, 2.45) is 5.92 Å². The zero-order valence-corrected chi connectivity index (χ0v) is 11.3. The fourth-order valence-electron chi connectivity index (χ4n) is 3.16. The molecule has 0 aromatic carbocycles. The van der Waals surface area contributed by atoms with Crippen LogP contribution in [0.1, 0.15) is 57.8 Å². The van der Waals surface area contributed by atoms with Gasteiger partial charge in [0.15, 0.2) is 0 Å². The van der Waals surface area contributed by atoms with Gasteiger partial charge in [0.1, 0.15) is 0 Å². The van der Waals surface area contributed by atoms with Crippen LogP contribution < -0.4 is 5.32 Å². The van der Waals surface area contributed by atoms with E-state index < -0.39 is 0 Å². The number of nitrogens with one attached hydrogen (secondary N) is 1. The van der Waals surface area contributed by atoms with Crippen molar-refractivity contribution in [3.63, 3.8) is 0 Å². The van der Waals surface area contributed by atoms with Gasteiger partial charge in [-0.1, -0.05) is 38.5 Å². The number of aryl methyl sites for hydroxylation is 1. The molecule has 2 aliphatic rings. The molecule has 1 aromatic rings. The highest BCUT2D eigenvalue weighted by atomic mass is 15.2. The van der Waals surface area contributed by atoms with Gasteiger partial charge in [-0.3, -0.25) is 0 Å². The Labute approximate surface area is 110 Å². The average Bonchev–Trinajstić information content (AvgIpc) is 2.76. The van der Waals surface area contributed by atoms with Gasteiger partial charge in [0.2, 0.25) is 5.95 Å². The number of aromatic nitrogens is 2. The molecule has 2 aliphatic carbocycles. The van der Waals surface area contributed by atoms with Gasteiger partial charge in [-0.15, -0.1) is 0 Å². The highest BCUT2D eigenvalue weighted by molar-refractivity contribution is 5.27. The van der Waals surface area contributed by atoms with Crippen molar-refractivity contribution in [2.75, 3.05) is 5.32 Å². The van der Waals surface area contributed by atoms with E-state index in [1.165, 1.54) is 57.8 Å². The lowest BCUT2D eigenvalue weighted by atomic mass is 9.83. The van der Waals surface area contributed by atoms with E-state index >= 15 is 0 Å². The summed E-state index contributed by atoms with van der Waals surface area (Å²) in [5.41, 5.74) is 0. The summed E-state index contributed by atoms with van der Waals surface area (Å²) in [6.07, 6.45) is 16.5. The van der Waals surface area contributed by atoms with Crippen molar-refractivity contribution in [1.82, 2.24) is 9.55 Å². The van der Waals surface area contributed by atoms with Gasteiger partial charge < -0.3 is 9.88 Å². The molecular weight excluding hydrogens is 222 g/mol. The smallest absolute Gasteiger partial charge is 0.202 e. The molecule has 0 spiro atoms. The molecule has 0 aliphatic heterocycles. The van der Waals surface area contributed by atoms with E-state index in [1.54, 1.807) is 0 Å². The number of imidazole rings is 1. The summed E-state index contributed by atoms with van der Waals surface area (Å²) in [5, 5.41) is 3.64. The van der Waals surface area contributed by atoms with Crippen molar-refractivity contribution in [1.29, 1.82) is 0 Å². The molecule has 0 atom stereocenters. The van der Waals surface area contributed by atoms with Crippen LogP contribution in [-0.2, 0) is 6.54 Å². The number of nitrogens with zero attached hydrogens (tertiary/aromatic N) is 2. The van der Waals surface area contributed by atoms with Gasteiger partial charge in [-0.2, -0.15) is 0 Å². The lowest BCUT2D eigenvalue weighted by Gasteiger charge is -2.26. The molecule has 1 heterocycles. The van der Waals surface area contributed by atoms with Crippen LogP contribution in [0.25, 0.3) is 0 Å². The van der Waals surface area contributed by atoms with Crippen LogP contribution in [0.4, 0.5) is 5.95 Å². The first-order valence-corrected chi connectivity index (χ1v) is 7.69. The molecule has 1 aromatic heterocycles. The second kappa shape index (κ2) is 5.77. The predicted octanol–water partition coefficient (Wildman–Crippen LogP) is 3.82. The van der Waals surface area contributed by atoms with Crippen LogP contribution >= 0.6 is 0 Å². The van der Waals surface area contributed by atoms with Crippen molar-refractivity contribution in [2.45, 2.75) is 70.4 Å². The van der Waals surface area contributed by atoms with E-state index in [0.717, 1.165) is 18.4 Å². The fraction of sp³-hybridized carbons (Fsp3) is 0.800. The van der Waals surface area contributed by atoms with Crippen LogP contribution in [-0.4, -0.2) is 15.6 Å². The van der Waals surface area contributed by atoms with E-state index in [9.17, 15) is 0 Å². The summed E-state index contributed by atoms with van der Waals surface area (Å²) in [7, 11) is 0. The summed E-state index contributed by atoms with van der Waals surface area (Å²) < 4.78 is 2.31. The Morgan fingerprint density at radius 3 is 2.67 bits per heavy atom. The molecule has 3 heteroatoms. The topological polar surface area (TPSA) is 29.9 Å². The van der Waals surface area contributed by atoms with Crippen LogP contribution in [0.15, 0.2) is 12.4 Å². The Morgan fingerprint density at radius 1 is 1.11 bits per heavy atom. The quantitative estimate of drug-likeness (QED) is 0.857. The second-order valence-electron chi connectivity index (χ2n) is 6.01. The summed E-state index contributed by atoms with van der Waals surface area (Å²) in [6.45, 7) is 1.14. The molecular formula is C15H25N3. The molecule has 1 N–H and O–H groups in total. The Morgan fingerprint density at radius 2 is 1.94 bits per heavy atom. The molecule has 2 fully saturated rings. The van der Waals surface area contributed by atoms with Gasteiger partial charge >= 0.3 is 0 Å². The molecule has 0 bridgehead atoms. The van der Waals surface area contributed by atoms with E-state index in [0.29, 0.717) is 6.04 Å². The van der Waals surface area contributed by atoms with E-state index in [-0.39, 0.29) is 0 Å². The van der Waals surface area contributed by atoms with Crippen LogP contribution in [0.2, 0.25) is 0 Å². The largest absolute Gasteiger partial charge is 0.353 e. The Balaban J connectivity index is 1.52. The summed E-state index contributed by atoms with van der Waals surface area (Å²) in [4.78, 5) is 4.48. The molecule has 100 valence electrons. The highest BCUT2D eigenvalue weighted by Gasteiger charge is 2.18. The Kier molecular flexibility index (Phi) is 3.87. The number of anilines is 1. The van der Waals surface area contributed by atoms with E-state index in [4.69, 9.17) is 0 Å². The molecule has 18 heavy (non-hydrogen) atoms. The third kappa shape index (κ3) is 2.88. The zero-order valence-electron chi connectivity index (χ0n) is 11.3. The maximum absolute atomic E-state index is 4.48. The summed E-state index contributed by atoms with van der Waals surface area (Å²) in [6, 6.07) is 0.656. The molecule has 3 rings (SSSR count). The number of hydrogen-bond acceptors (Lipinski definition) is 2. The van der Waals surface area contributed by atoms with Crippen molar-refractivity contribution in [3.05, 3.63) is 12.4 Å². The number of rotatable bonds is 5. The lowest BCUT2D eigenvalue weighted by Crippen LogP contribution is -2.24. The van der Waals surface area contributed by atoms with Gasteiger partial charge in [-0.25, -0.2) is 4.98 Å². The predicted molar refractivity (Wildman–Crippen MR) is 74.7 cm³/mol. The minimum absolute atomic E-state index is 0.656. The van der Waals surface area contributed by atoms with Crippen LogP contribution in [0.3, 0.4) is 0 Å². The first kappa shape index (κ1) is 12.1. The van der Waals surface area contributed by atoms with Gasteiger partial charge in [0, 0.05) is 25.0 Å². The molecule has 2 saturated carbocycles. The van der Waals surface area contributed by atoms with E-state index in [1.807, 2.05) is 6.20 Å². The average molecular weight is 247 g/mol. The van der Waals surface area contributed by atoms with Crippen molar-refractivity contribution in [3.8, 4) is 0 Å². The van der Waals surface area contributed by atoms with Gasteiger partial charge in [0.05, 0.1) is 0 Å². The number of hydrogen-bond donors (Lipinski definition) is 1. The van der Waals surface area contributed by atoms with Gasteiger partial charge in [-0.05, 0) is 25.2 Å². The maximum atomic E-state index is 4.48. The third-order valence-electron chi connectivity index (χ3n) is 4.66. The van der Waals surface area contributed by atoms with E-state index in [2.05, 4.69) is 21.1 Å². The third-order valence-corrected chi connectivity index (χ3v) is 4.66. The molecule has 3 nitrogen and oxygen atoms in total. The molecule has 0 radical (unpaired) electrons. The van der Waals surface area contributed by atoms with Crippen LogP contribution in [0.5, 0.6) is 0 Å². The van der Waals surface area contributed by atoms with Crippen molar-refractivity contribution >= 4 is 5.95 Å². The highest BCUT2D eigenvalue weighted by Crippen LogP contribution is 2.30. The van der Waals surface area contributed by atoms with Crippen molar-refractivity contribution < 1.29 is 0 Å². The van der Waals surface area contributed by atoms with Crippen LogP contribution in [0, 0.1) is 5.92 Å². The Hall–Kier alpha value is -0.990. The second-order valence-corrected chi connectivity index (χ2v) is 6.01. The Bertz CT molecular complexity index is 362. The molecule has 0 unspecified atom stereocenters. The zero-order chi connectivity index (χ0) is 12.2. The minimum Gasteiger partial charge on any atom is -0.353 e. The first-order chi connectivity index (χ1) is 8.92. The minimum atomic E-state index is 0.656. The maximum Gasteiger partial charge on any atom is 0.202 e. The monoisotopic (exact) mass is 247 g/mol. The van der Waals surface area contributed by atoms with Gasteiger partial charge in [0.25, 0.3) is 0 Å². The fourth-order valence-corrected chi connectivity index (χ4v) is 3.16. The standard InChI is InChI=1S/C15H25N3/c1-2-7-14(8-3-1)17-15-16-10-12-18(15)11-9-13-5-4-6-13/h10,12-14H,1-9,11H2,(H,16,17).